The molecule has 0 aliphatic rings. The highest BCUT2D eigenvalue weighted by atomic mass is 16.4. The molecule has 0 fully saturated rings. The van der Waals surface area contributed by atoms with Crippen molar-refractivity contribution in [2.45, 2.75) is 6.42 Å². The van der Waals surface area contributed by atoms with Gasteiger partial charge >= 0.3 is 5.97 Å². The summed E-state index contributed by atoms with van der Waals surface area (Å²) in [4.78, 5) is 22.6. The summed E-state index contributed by atoms with van der Waals surface area (Å²) in [7, 11) is 1.79. The minimum absolute atomic E-state index is 0.00275. The molecule has 0 aromatic heterocycles. The Morgan fingerprint density at radius 1 is 1.53 bits per heavy atom. The molecule has 1 aromatic carbocycles. The molecule has 1 N–H and O–H groups in total. The molecule has 0 heterocycles. The normalized spacial score (nSPS) is 9.67. The zero-order valence-corrected chi connectivity index (χ0v) is 8.51. The van der Waals surface area contributed by atoms with Gasteiger partial charge in [-0.05, 0) is 17.7 Å². The average Bonchev–Trinajstić information content (AvgIpc) is 2.17. The van der Waals surface area contributed by atoms with E-state index in [2.05, 4.69) is 0 Å². The Balaban J connectivity index is 2.81. The molecule has 0 aliphatic carbocycles. The number of carbonyl (C=O) groups excluding carboxylic acids is 1. The third-order valence-electron chi connectivity index (χ3n) is 2.06. The first-order chi connectivity index (χ1) is 7.13. The van der Waals surface area contributed by atoms with Crippen LogP contribution < -0.4 is 4.90 Å². The zero-order valence-electron chi connectivity index (χ0n) is 8.51. The number of benzene rings is 1. The molecular weight excluding hydrogens is 194 g/mol. The van der Waals surface area contributed by atoms with Crippen molar-refractivity contribution in [1.82, 2.24) is 0 Å². The van der Waals surface area contributed by atoms with Gasteiger partial charge in [0.1, 0.15) is 6.29 Å². The molecule has 1 aromatic rings. The molecule has 0 unspecified atom stereocenters. The first-order valence-corrected chi connectivity index (χ1v) is 4.59. The van der Waals surface area contributed by atoms with Crippen LogP contribution in [0.5, 0.6) is 0 Å². The van der Waals surface area contributed by atoms with Gasteiger partial charge in [0.05, 0.1) is 13.0 Å². The molecule has 0 saturated heterocycles. The van der Waals surface area contributed by atoms with Crippen LogP contribution in [0, 0.1) is 0 Å². The Labute approximate surface area is 88.1 Å². The summed E-state index contributed by atoms with van der Waals surface area (Å²) >= 11 is 0. The van der Waals surface area contributed by atoms with E-state index in [0.717, 1.165) is 17.5 Å². The zero-order chi connectivity index (χ0) is 11.3. The average molecular weight is 207 g/mol. The quantitative estimate of drug-likeness (QED) is 0.730. The van der Waals surface area contributed by atoms with Crippen molar-refractivity contribution in [3.05, 3.63) is 29.8 Å². The van der Waals surface area contributed by atoms with Crippen molar-refractivity contribution >= 4 is 17.9 Å². The van der Waals surface area contributed by atoms with Gasteiger partial charge in [0.25, 0.3) is 0 Å². The summed E-state index contributed by atoms with van der Waals surface area (Å²) in [6, 6.07) is 7.16. The predicted molar refractivity (Wildman–Crippen MR) is 57.1 cm³/mol. The largest absolute Gasteiger partial charge is 0.481 e. The molecule has 0 aliphatic heterocycles. The van der Waals surface area contributed by atoms with Gasteiger partial charge in [0, 0.05) is 12.7 Å². The van der Waals surface area contributed by atoms with Gasteiger partial charge in [-0.1, -0.05) is 12.1 Å². The molecule has 0 bridgehead atoms. The first-order valence-electron chi connectivity index (χ1n) is 4.59. The van der Waals surface area contributed by atoms with Crippen molar-refractivity contribution in [3.8, 4) is 0 Å². The smallest absolute Gasteiger partial charge is 0.307 e. The SMILES string of the molecule is CN(CC=O)c1cccc(CC(=O)O)c1. The van der Waals surface area contributed by atoms with Gasteiger partial charge in [-0.25, -0.2) is 0 Å². The van der Waals surface area contributed by atoms with Gasteiger partial charge in [-0.15, -0.1) is 0 Å². The highest BCUT2D eigenvalue weighted by Crippen LogP contribution is 2.14. The Morgan fingerprint density at radius 2 is 2.27 bits per heavy atom. The number of anilines is 1. The second-order valence-corrected chi connectivity index (χ2v) is 3.29. The summed E-state index contributed by atoms with van der Waals surface area (Å²) < 4.78 is 0. The van der Waals surface area contributed by atoms with E-state index in [4.69, 9.17) is 5.11 Å². The fourth-order valence-electron chi connectivity index (χ4n) is 1.30. The number of rotatable bonds is 5. The number of carboxylic acids is 1. The molecule has 15 heavy (non-hydrogen) atoms. The maximum Gasteiger partial charge on any atom is 0.307 e. The van der Waals surface area contributed by atoms with Crippen LogP contribution in [0.2, 0.25) is 0 Å². The molecule has 0 atom stereocenters. The number of hydrogen-bond acceptors (Lipinski definition) is 3. The van der Waals surface area contributed by atoms with Crippen molar-refractivity contribution in [2.24, 2.45) is 0 Å². The Morgan fingerprint density at radius 3 is 2.87 bits per heavy atom. The van der Waals surface area contributed by atoms with E-state index in [1.165, 1.54) is 0 Å². The molecular formula is C11H13NO3. The summed E-state index contributed by atoms with van der Waals surface area (Å²) in [5.74, 6) is -0.856. The second-order valence-electron chi connectivity index (χ2n) is 3.29. The Hall–Kier alpha value is -1.84. The molecule has 1 rings (SSSR count). The van der Waals surface area contributed by atoms with Crippen LogP contribution in [0.1, 0.15) is 5.56 Å². The molecule has 80 valence electrons. The van der Waals surface area contributed by atoms with Crippen molar-refractivity contribution in [3.63, 3.8) is 0 Å². The van der Waals surface area contributed by atoms with Crippen LogP contribution in [0.15, 0.2) is 24.3 Å². The molecule has 0 radical (unpaired) electrons. The summed E-state index contributed by atoms with van der Waals surface area (Å²) in [6.45, 7) is 0.302. The van der Waals surface area contributed by atoms with Crippen LogP contribution >= 0.6 is 0 Å². The fraction of sp³-hybridized carbons (Fsp3) is 0.273. The predicted octanol–water partition coefficient (Wildman–Crippen LogP) is 0.949. The van der Waals surface area contributed by atoms with E-state index in [-0.39, 0.29) is 6.42 Å². The number of carboxylic acid groups (broad SMARTS) is 1. The summed E-state index contributed by atoms with van der Waals surface area (Å²) in [5, 5.41) is 8.63. The molecule has 0 spiro atoms. The summed E-state index contributed by atoms with van der Waals surface area (Å²) in [5.41, 5.74) is 1.58. The standard InChI is InChI=1S/C11H13NO3/c1-12(5-6-13)10-4-2-3-9(7-10)8-11(14)15/h2-4,6-7H,5,8H2,1H3,(H,14,15). The Bertz CT molecular complexity index is 363. The highest BCUT2D eigenvalue weighted by Gasteiger charge is 2.03. The second kappa shape index (κ2) is 5.14. The van der Waals surface area contributed by atoms with Crippen molar-refractivity contribution < 1.29 is 14.7 Å². The fourth-order valence-corrected chi connectivity index (χ4v) is 1.30. The lowest BCUT2D eigenvalue weighted by molar-refractivity contribution is -0.136. The van der Waals surface area contributed by atoms with E-state index in [1.807, 2.05) is 6.07 Å². The number of aliphatic carboxylic acids is 1. The van der Waals surface area contributed by atoms with Crippen LogP contribution in [-0.4, -0.2) is 31.0 Å². The van der Waals surface area contributed by atoms with Crippen LogP contribution in [-0.2, 0) is 16.0 Å². The lowest BCUT2D eigenvalue weighted by Crippen LogP contribution is -2.19. The van der Waals surface area contributed by atoms with E-state index in [1.54, 1.807) is 30.1 Å². The van der Waals surface area contributed by atoms with Gasteiger partial charge in [0.15, 0.2) is 0 Å². The maximum atomic E-state index is 10.5. The van der Waals surface area contributed by atoms with Crippen molar-refractivity contribution in [2.75, 3.05) is 18.5 Å². The van der Waals surface area contributed by atoms with Crippen LogP contribution in [0.25, 0.3) is 0 Å². The van der Waals surface area contributed by atoms with Gasteiger partial charge < -0.3 is 14.8 Å². The van der Waals surface area contributed by atoms with E-state index in [9.17, 15) is 9.59 Å². The van der Waals surface area contributed by atoms with Gasteiger partial charge in [-0.3, -0.25) is 4.79 Å². The maximum absolute atomic E-state index is 10.5. The highest BCUT2D eigenvalue weighted by molar-refractivity contribution is 5.71. The van der Waals surface area contributed by atoms with Gasteiger partial charge in [-0.2, -0.15) is 0 Å². The van der Waals surface area contributed by atoms with E-state index in [0.29, 0.717) is 6.54 Å². The molecule has 4 heteroatoms. The number of likely N-dealkylation sites (N-methyl/N-ethyl adjacent to an activating group) is 1. The lowest BCUT2D eigenvalue weighted by atomic mass is 10.1. The van der Waals surface area contributed by atoms with E-state index >= 15 is 0 Å². The lowest BCUT2D eigenvalue weighted by Gasteiger charge is -2.16. The number of nitrogens with zero attached hydrogens (tertiary/aromatic N) is 1. The summed E-state index contributed by atoms with van der Waals surface area (Å²) in [6.07, 6.45) is 0.812. The first kappa shape index (κ1) is 11.2. The monoisotopic (exact) mass is 207 g/mol. The van der Waals surface area contributed by atoms with Crippen molar-refractivity contribution in [1.29, 1.82) is 0 Å². The minimum atomic E-state index is -0.856. The molecule has 4 nitrogen and oxygen atoms in total. The Kier molecular flexibility index (Phi) is 3.85. The van der Waals surface area contributed by atoms with Crippen LogP contribution in [0.4, 0.5) is 5.69 Å². The molecule has 0 saturated carbocycles. The van der Waals surface area contributed by atoms with Crippen LogP contribution in [0.3, 0.4) is 0 Å². The van der Waals surface area contributed by atoms with E-state index < -0.39 is 5.97 Å². The molecule has 0 amide bonds. The number of carbonyl (C=O) groups is 2. The number of hydrogen-bond donors (Lipinski definition) is 1. The topological polar surface area (TPSA) is 57.6 Å². The minimum Gasteiger partial charge on any atom is -0.481 e. The third-order valence-corrected chi connectivity index (χ3v) is 2.06. The third kappa shape index (κ3) is 3.42. The number of aldehydes is 1. The van der Waals surface area contributed by atoms with Gasteiger partial charge in [0.2, 0.25) is 0 Å².